The Morgan fingerprint density at radius 1 is 1.42 bits per heavy atom. The second-order valence-electron chi connectivity index (χ2n) is 5.64. The number of carbonyl (C=O) groups is 2. The summed E-state index contributed by atoms with van der Waals surface area (Å²) in [6.45, 7) is 1.10. The predicted octanol–water partition coefficient (Wildman–Crippen LogP) is 2.83. The molecule has 3 N–H and O–H groups in total. The van der Waals surface area contributed by atoms with Crippen molar-refractivity contribution >= 4 is 59.0 Å². The fourth-order valence-corrected chi connectivity index (χ4v) is 3.69. The third-order valence-electron chi connectivity index (χ3n) is 3.79. The van der Waals surface area contributed by atoms with Crippen molar-refractivity contribution in [2.75, 3.05) is 0 Å². The number of allylic oxidation sites excluding steroid dienone is 1. The summed E-state index contributed by atoms with van der Waals surface area (Å²) >= 11 is 6.39. The number of carbonyl (C=O) groups excluding carboxylic acids is 1. The highest BCUT2D eigenvalue weighted by Gasteiger charge is 2.19. The molecule has 2 aromatic rings. The summed E-state index contributed by atoms with van der Waals surface area (Å²) in [7, 11) is 0. The van der Waals surface area contributed by atoms with E-state index >= 15 is 0 Å². The SMILES string of the molecule is CC(NC(=O)Cn1c(O)c(/C=C2/C=Nc3ccccc32)sc1=S)C(=O)O. The van der Waals surface area contributed by atoms with Crippen molar-refractivity contribution in [3.8, 4) is 5.88 Å². The van der Waals surface area contributed by atoms with E-state index in [1.807, 2.05) is 24.3 Å². The number of aromatic hydroxyl groups is 1. The lowest BCUT2D eigenvalue weighted by Crippen LogP contribution is -2.40. The van der Waals surface area contributed by atoms with E-state index in [9.17, 15) is 14.7 Å². The van der Waals surface area contributed by atoms with Gasteiger partial charge in [-0.15, -0.1) is 11.3 Å². The molecule has 3 rings (SSSR count). The van der Waals surface area contributed by atoms with E-state index in [0.717, 1.165) is 28.2 Å². The Morgan fingerprint density at radius 3 is 2.88 bits per heavy atom. The number of amides is 1. The van der Waals surface area contributed by atoms with Crippen LogP contribution in [0, 0.1) is 3.95 Å². The minimum Gasteiger partial charge on any atom is -0.493 e. The van der Waals surface area contributed by atoms with Crippen LogP contribution in [0.3, 0.4) is 0 Å². The molecule has 0 spiro atoms. The standard InChI is InChI=1S/C17H15N3O4S2/c1-9(16(23)24)19-14(21)8-20-15(22)13(26-17(20)25)6-10-7-18-12-5-3-2-4-11(10)12/h2-7,9,22H,8H2,1H3,(H,19,21)(H,23,24)/b10-6-. The van der Waals surface area contributed by atoms with Crippen molar-refractivity contribution < 1.29 is 19.8 Å². The zero-order valence-electron chi connectivity index (χ0n) is 13.7. The third kappa shape index (κ3) is 3.58. The van der Waals surface area contributed by atoms with Crippen LogP contribution in [-0.4, -0.2) is 38.9 Å². The second-order valence-corrected chi connectivity index (χ2v) is 7.32. The molecule has 0 saturated carbocycles. The van der Waals surface area contributed by atoms with Gasteiger partial charge in [0.15, 0.2) is 3.95 Å². The van der Waals surface area contributed by atoms with Gasteiger partial charge >= 0.3 is 5.97 Å². The average molecular weight is 389 g/mol. The van der Waals surface area contributed by atoms with Crippen molar-refractivity contribution in [3.63, 3.8) is 0 Å². The number of rotatable bonds is 5. The Bertz CT molecular complexity index is 1000. The van der Waals surface area contributed by atoms with Crippen molar-refractivity contribution in [2.24, 2.45) is 4.99 Å². The first-order chi connectivity index (χ1) is 12.4. The highest BCUT2D eigenvalue weighted by atomic mass is 32.1. The molecule has 26 heavy (non-hydrogen) atoms. The third-order valence-corrected chi connectivity index (χ3v) is 5.17. The number of hydrogen-bond donors (Lipinski definition) is 3. The van der Waals surface area contributed by atoms with E-state index < -0.39 is 17.9 Å². The molecular weight excluding hydrogens is 374 g/mol. The van der Waals surface area contributed by atoms with Gasteiger partial charge in [0.25, 0.3) is 0 Å². The maximum Gasteiger partial charge on any atom is 0.325 e. The molecule has 1 amide bonds. The summed E-state index contributed by atoms with van der Waals surface area (Å²) in [5, 5.41) is 21.6. The summed E-state index contributed by atoms with van der Waals surface area (Å²) in [4.78, 5) is 27.6. The summed E-state index contributed by atoms with van der Waals surface area (Å²) in [6, 6.07) is 6.61. The maximum atomic E-state index is 12.0. The number of benzene rings is 1. The number of carboxylic acid groups (broad SMARTS) is 1. The summed E-state index contributed by atoms with van der Waals surface area (Å²) in [5.41, 5.74) is 2.64. The zero-order valence-corrected chi connectivity index (χ0v) is 15.3. The van der Waals surface area contributed by atoms with E-state index in [-0.39, 0.29) is 12.4 Å². The maximum absolute atomic E-state index is 12.0. The topological polar surface area (TPSA) is 104 Å². The molecule has 9 heteroatoms. The van der Waals surface area contributed by atoms with Gasteiger partial charge in [-0.05, 0) is 31.3 Å². The quantitative estimate of drug-likeness (QED) is 0.682. The van der Waals surface area contributed by atoms with Crippen LogP contribution in [0.2, 0.25) is 0 Å². The van der Waals surface area contributed by atoms with E-state index in [1.165, 1.54) is 11.5 Å². The molecule has 0 aliphatic carbocycles. The van der Waals surface area contributed by atoms with Crippen molar-refractivity contribution in [2.45, 2.75) is 19.5 Å². The van der Waals surface area contributed by atoms with Gasteiger partial charge in [0.05, 0.1) is 10.6 Å². The van der Waals surface area contributed by atoms with Crippen LogP contribution >= 0.6 is 23.6 Å². The summed E-state index contributed by atoms with van der Waals surface area (Å²) in [5.74, 6) is -1.82. The molecule has 1 atom stereocenters. The molecule has 1 aliphatic heterocycles. The van der Waals surface area contributed by atoms with Gasteiger partial charge in [0.1, 0.15) is 12.6 Å². The smallest absolute Gasteiger partial charge is 0.325 e. The van der Waals surface area contributed by atoms with Gasteiger partial charge in [0.2, 0.25) is 11.8 Å². The van der Waals surface area contributed by atoms with Crippen molar-refractivity contribution in [1.82, 2.24) is 9.88 Å². The largest absolute Gasteiger partial charge is 0.493 e. The number of aliphatic carboxylic acids is 1. The van der Waals surface area contributed by atoms with E-state index in [4.69, 9.17) is 17.3 Å². The van der Waals surface area contributed by atoms with E-state index in [1.54, 1.807) is 12.3 Å². The number of hydrogen-bond acceptors (Lipinski definition) is 6. The molecule has 1 aromatic heterocycles. The van der Waals surface area contributed by atoms with Gasteiger partial charge < -0.3 is 15.5 Å². The van der Waals surface area contributed by atoms with Crippen LogP contribution in [0.5, 0.6) is 5.88 Å². The fraction of sp³-hybridized carbons (Fsp3) is 0.176. The number of nitrogens with one attached hydrogen (secondary N) is 1. The molecule has 1 aliphatic rings. The summed E-state index contributed by atoms with van der Waals surface area (Å²) < 4.78 is 1.59. The Hall–Kier alpha value is -2.78. The lowest BCUT2D eigenvalue weighted by atomic mass is 10.1. The number of para-hydroxylation sites is 1. The molecule has 7 nitrogen and oxygen atoms in total. The van der Waals surface area contributed by atoms with E-state index in [0.29, 0.717) is 8.83 Å². The van der Waals surface area contributed by atoms with Crippen LogP contribution in [0.25, 0.3) is 11.6 Å². The lowest BCUT2D eigenvalue weighted by molar-refractivity contribution is -0.141. The molecule has 0 radical (unpaired) electrons. The molecule has 0 bridgehead atoms. The molecular formula is C17H15N3O4S2. The lowest BCUT2D eigenvalue weighted by Gasteiger charge is -2.10. The Balaban J connectivity index is 1.85. The monoisotopic (exact) mass is 389 g/mol. The molecule has 1 aromatic carbocycles. The first-order valence-electron chi connectivity index (χ1n) is 7.66. The zero-order chi connectivity index (χ0) is 18.8. The number of nitrogens with zero attached hydrogens (tertiary/aromatic N) is 2. The number of thiazole rings is 1. The first kappa shape index (κ1) is 18.0. The van der Waals surface area contributed by atoms with Crippen LogP contribution in [0.4, 0.5) is 5.69 Å². The van der Waals surface area contributed by atoms with Crippen molar-refractivity contribution in [1.29, 1.82) is 0 Å². The van der Waals surface area contributed by atoms with E-state index in [2.05, 4.69) is 10.3 Å². The Morgan fingerprint density at radius 2 is 2.15 bits per heavy atom. The predicted molar refractivity (Wildman–Crippen MR) is 103 cm³/mol. The van der Waals surface area contributed by atoms with Crippen molar-refractivity contribution in [3.05, 3.63) is 38.7 Å². The van der Waals surface area contributed by atoms with Crippen LogP contribution in [0.15, 0.2) is 29.3 Å². The van der Waals surface area contributed by atoms with Crippen LogP contribution in [0.1, 0.15) is 17.4 Å². The number of aromatic nitrogens is 1. The normalized spacial score (nSPS) is 15.0. The second kappa shape index (κ2) is 7.22. The summed E-state index contributed by atoms with van der Waals surface area (Å²) in [6.07, 6.45) is 3.47. The molecule has 0 fully saturated rings. The van der Waals surface area contributed by atoms with Gasteiger partial charge in [-0.3, -0.25) is 19.1 Å². The van der Waals surface area contributed by atoms with Gasteiger partial charge in [-0.2, -0.15) is 0 Å². The minimum atomic E-state index is -1.14. The number of carboxylic acids is 1. The highest BCUT2D eigenvalue weighted by Crippen LogP contribution is 2.35. The highest BCUT2D eigenvalue weighted by molar-refractivity contribution is 7.73. The number of fused-ring (bicyclic) bond motifs is 1. The van der Waals surface area contributed by atoms with Gasteiger partial charge in [-0.1, -0.05) is 18.2 Å². The Labute approximate surface area is 157 Å². The molecule has 0 saturated heterocycles. The molecule has 1 unspecified atom stereocenters. The fourth-order valence-electron chi connectivity index (χ4n) is 2.44. The minimum absolute atomic E-state index is 0.136. The van der Waals surface area contributed by atoms with Gasteiger partial charge in [0, 0.05) is 17.4 Å². The number of aliphatic imine (C=N–C) groups is 1. The average Bonchev–Trinajstić information content (AvgIpc) is 3.11. The first-order valence-corrected chi connectivity index (χ1v) is 8.89. The van der Waals surface area contributed by atoms with Gasteiger partial charge in [-0.25, -0.2) is 0 Å². The molecule has 134 valence electrons. The van der Waals surface area contributed by atoms with Crippen LogP contribution in [-0.2, 0) is 16.1 Å². The Kier molecular flexibility index (Phi) is 5.01. The molecule has 2 heterocycles. The van der Waals surface area contributed by atoms with Crippen LogP contribution < -0.4 is 5.32 Å².